The van der Waals surface area contributed by atoms with Crippen molar-refractivity contribution < 1.29 is 8.94 Å². The molecule has 0 bridgehead atoms. The Hall–Kier alpha value is -1.95. The Morgan fingerprint density at radius 2 is 2.24 bits per heavy atom. The minimum absolute atomic E-state index is 0.0737. The van der Waals surface area contributed by atoms with E-state index in [2.05, 4.69) is 15.1 Å². The van der Waals surface area contributed by atoms with Crippen LogP contribution in [0.25, 0.3) is 11.5 Å². The van der Waals surface area contributed by atoms with Crippen LogP contribution in [-0.4, -0.2) is 21.2 Å². The lowest BCUT2D eigenvalue weighted by Gasteiger charge is -2.01. The summed E-state index contributed by atoms with van der Waals surface area (Å²) >= 11 is 0. The van der Waals surface area contributed by atoms with Crippen molar-refractivity contribution in [2.45, 2.75) is 25.3 Å². The van der Waals surface area contributed by atoms with Crippen molar-refractivity contribution in [3.8, 4) is 11.5 Å². The summed E-state index contributed by atoms with van der Waals surface area (Å²) < 4.78 is 10.3. The van der Waals surface area contributed by atoms with Gasteiger partial charge in [-0.1, -0.05) is 17.3 Å². The quantitative estimate of drug-likeness (QED) is 0.787. The molecule has 6 nitrogen and oxygen atoms in total. The maximum Gasteiger partial charge on any atom is 0.234 e. The first-order chi connectivity index (χ1) is 8.22. The van der Waals surface area contributed by atoms with Crippen LogP contribution < -0.4 is 5.73 Å². The molecule has 2 aromatic rings. The molecule has 2 N–H and O–H groups in total. The van der Waals surface area contributed by atoms with Gasteiger partial charge < -0.3 is 14.7 Å². The van der Waals surface area contributed by atoms with E-state index in [9.17, 15) is 0 Å². The largest absolute Gasteiger partial charge is 0.449 e. The average molecular weight is 232 g/mol. The Morgan fingerprint density at radius 1 is 1.35 bits per heavy atom. The van der Waals surface area contributed by atoms with Crippen molar-refractivity contribution in [3.05, 3.63) is 30.2 Å². The summed E-state index contributed by atoms with van der Waals surface area (Å²) in [5.74, 6) is 1.71. The minimum atomic E-state index is 0.0737. The molecule has 88 valence electrons. The van der Waals surface area contributed by atoms with E-state index >= 15 is 0 Å². The van der Waals surface area contributed by atoms with Gasteiger partial charge in [-0.25, -0.2) is 4.98 Å². The normalized spacial score (nSPS) is 23.4. The lowest BCUT2D eigenvalue weighted by atomic mass is 10.1. The summed E-state index contributed by atoms with van der Waals surface area (Å²) in [6.07, 6.45) is 6.27. The van der Waals surface area contributed by atoms with Crippen LogP contribution in [0.5, 0.6) is 0 Å². The van der Waals surface area contributed by atoms with Crippen LogP contribution in [-0.2, 0) is 0 Å². The number of nitrogens with two attached hydrogens (primary N) is 1. The molecule has 0 aliphatic heterocycles. The highest BCUT2D eigenvalue weighted by atomic mass is 16.5. The third kappa shape index (κ3) is 1.87. The summed E-state index contributed by atoms with van der Waals surface area (Å²) in [5, 5.41) is 3.89. The Kier molecular flexibility index (Phi) is 2.29. The lowest BCUT2D eigenvalue weighted by molar-refractivity contribution is 0.364. The molecule has 2 unspecified atom stereocenters. The molecule has 0 saturated heterocycles. The van der Waals surface area contributed by atoms with Crippen LogP contribution in [0.1, 0.15) is 24.1 Å². The van der Waals surface area contributed by atoms with Gasteiger partial charge in [0.05, 0.1) is 5.92 Å². The number of nitrogens with zero attached hydrogens (tertiary/aromatic N) is 3. The maximum absolute atomic E-state index is 5.78. The van der Waals surface area contributed by atoms with E-state index in [-0.39, 0.29) is 12.0 Å². The number of rotatable bonds is 2. The molecule has 1 aliphatic carbocycles. The highest BCUT2D eigenvalue weighted by molar-refractivity contribution is 5.45. The van der Waals surface area contributed by atoms with Gasteiger partial charge in [0.15, 0.2) is 5.89 Å². The number of hydrogen-bond acceptors (Lipinski definition) is 6. The van der Waals surface area contributed by atoms with Gasteiger partial charge in [-0.05, 0) is 6.42 Å². The highest BCUT2D eigenvalue weighted by Gasteiger charge is 2.23. The van der Waals surface area contributed by atoms with E-state index in [1.165, 1.54) is 6.26 Å². The maximum atomic E-state index is 5.78. The number of aromatic nitrogens is 3. The number of oxazole rings is 1. The zero-order chi connectivity index (χ0) is 11.8. The molecular formula is C11H12N4O2. The molecular weight excluding hydrogens is 220 g/mol. The molecule has 0 fully saturated rings. The van der Waals surface area contributed by atoms with Crippen LogP contribution in [0.2, 0.25) is 0 Å². The fourth-order valence-corrected chi connectivity index (χ4v) is 1.87. The van der Waals surface area contributed by atoms with Crippen molar-refractivity contribution in [2.75, 3.05) is 0 Å². The first-order valence-electron chi connectivity index (χ1n) is 5.42. The van der Waals surface area contributed by atoms with Gasteiger partial charge in [0.25, 0.3) is 0 Å². The SMILES string of the molecule is Cc1nc(-c2noc(C3C=CC(N)C3)n2)co1. The van der Waals surface area contributed by atoms with Crippen molar-refractivity contribution in [1.82, 2.24) is 15.1 Å². The van der Waals surface area contributed by atoms with Crippen molar-refractivity contribution in [1.29, 1.82) is 0 Å². The second kappa shape index (κ2) is 3.81. The zero-order valence-electron chi connectivity index (χ0n) is 9.33. The lowest BCUT2D eigenvalue weighted by Crippen LogP contribution is -2.14. The molecule has 6 heteroatoms. The van der Waals surface area contributed by atoms with Crippen LogP contribution >= 0.6 is 0 Å². The second-order valence-corrected chi connectivity index (χ2v) is 4.10. The molecule has 2 heterocycles. The molecule has 0 spiro atoms. The van der Waals surface area contributed by atoms with E-state index < -0.39 is 0 Å². The Balaban J connectivity index is 1.86. The standard InChI is InChI=1S/C11H12N4O2/c1-6-13-9(5-16-6)10-14-11(17-15-10)7-2-3-8(12)4-7/h2-3,5,7-8H,4,12H2,1H3. The highest BCUT2D eigenvalue weighted by Crippen LogP contribution is 2.27. The van der Waals surface area contributed by atoms with Crippen LogP contribution in [0, 0.1) is 6.92 Å². The molecule has 0 amide bonds. The number of hydrogen-bond donors (Lipinski definition) is 1. The van der Waals surface area contributed by atoms with Gasteiger partial charge in [-0.15, -0.1) is 0 Å². The van der Waals surface area contributed by atoms with Crippen molar-refractivity contribution in [2.24, 2.45) is 5.73 Å². The second-order valence-electron chi connectivity index (χ2n) is 4.10. The zero-order valence-corrected chi connectivity index (χ0v) is 9.33. The minimum Gasteiger partial charge on any atom is -0.449 e. The summed E-state index contributed by atoms with van der Waals surface area (Å²) in [7, 11) is 0. The average Bonchev–Trinajstić information content (AvgIpc) is 2.96. The smallest absolute Gasteiger partial charge is 0.234 e. The van der Waals surface area contributed by atoms with Gasteiger partial charge in [0.1, 0.15) is 12.0 Å². The first-order valence-corrected chi connectivity index (χ1v) is 5.42. The van der Waals surface area contributed by atoms with Crippen molar-refractivity contribution >= 4 is 0 Å². The number of aryl methyl sites for hydroxylation is 1. The molecule has 0 radical (unpaired) electrons. The van der Waals surface area contributed by atoms with E-state index in [1.807, 2.05) is 12.2 Å². The van der Waals surface area contributed by atoms with E-state index in [1.54, 1.807) is 6.92 Å². The summed E-state index contributed by atoms with van der Waals surface area (Å²) in [6, 6.07) is 0.0737. The predicted molar refractivity (Wildman–Crippen MR) is 59.0 cm³/mol. The molecule has 0 aromatic carbocycles. The Bertz CT molecular complexity index is 557. The van der Waals surface area contributed by atoms with Gasteiger partial charge in [-0.3, -0.25) is 0 Å². The van der Waals surface area contributed by atoms with E-state index in [0.717, 1.165) is 6.42 Å². The van der Waals surface area contributed by atoms with Gasteiger partial charge in [0, 0.05) is 13.0 Å². The third-order valence-corrected chi connectivity index (χ3v) is 2.72. The summed E-state index contributed by atoms with van der Waals surface area (Å²) in [6.45, 7) is 1.77. The fraction of sp³-hybridized carbons (Fsp3) is 0.364. The van der Waals surface area contributed by atoms with Crippen LogP contribution in [0.3, 0.4) is 0 Å². The molecule has 2 atom stereocenters. The Labute approximate surface area is 97.5 Å². The predicted octanol–water partition coefficient (Wildman–Crippen LogP) is 1.40. The van der Waals surface area contributed by atoms with Crippen LogP contribution in [0.4, 0.5) is 0 Å². The van der Waals surface area contributed by atoms with Crippen LogP contribution in [0.15, 0.2) is 27.4 Å². The molecule has 3 rings (SSSR count). The van der Waals surface area contributed by atoms with Gasteiger partial charge in [-0.2, -0.15) is 4.98 Å². The number of allylic oxidation sites excluding steroid dienone is 1. The fourth-order valence-electron chi connectivity index (χ4n) is 1.87. The summed E-state index contributed by atoms with van der Waals surface area (Å²) in [5.41, 5.74) is 6.37. The van der Waals surface area contributed by atoms with Gasteiger partial charge >= 0.3 is 0 Å². The third-order valence-electron chi connectivity index (χ3n) is 2.72. The van der Waals surface area contributed by atoms with E-state index in [4.69, 9.17) is 14.7 Å². The van der Waals surface area contributed by atoms with Crippen molar-refractivity contribution in [3.63, 3.8) is 0 Å². The van der Waals surface area contributed by atoms with Gasteiger partial charge in [0.2, 0.25) is 11.7 Å². The van der Waals surface area contributed by atoms with E-state index in [0.29, 0.717) is 23.3 Å². The molecule has 17 heavy (non-hydrogen) atoms. The molecule has 0 saturated carbocycles. The summed E-state index contributed by atoms with van der Waals surface area (Å²) in [4.78, 5) is 8.44. The Morgan fingerprint density at radius 3 is 2.88 bits per heavy atom. The molecule has 1 aliphatic rings. The molecule has 2 aromatic heterocycles. The topological polar surface area (TPSA) is 91.0 Å². The monoisotopic (exact) mass is 232 g/mol. The first kappa shape index (κ1) is 10.2.